The minimum absolute atomic E-state index is 0.119. The molecule has 0 radical (unpaired) electrons. The first kappa shape index (κ1) is 33.7. The monoisotopic (exact) mass is 682 g/mol. The molecule has 2 bridgehead atoms. The number of hydrogen-bond donors (Lipinski definition) is 3. The van der Waals surface area contributed by atoms with Crippen molar-refractivity contribution < 1.29 is 57.2 Å². The van der Waals surface area contributed by atoms with E-state index in [2.05, 4.69) is 10.6 Å². The molecule has 8 nitrogen and oxygen atoms in total. The van der Waals surface area contributed by atoms with Gasteiger partial charge in [0.25, 0.3) is 5.91 Å². The summed E-state index contributed by atoms with van der Waals surface area (Å²) >= 11 is 0. The van der Waals surface area contributed by atoms with Crippen LogP contribution in [0.1, 0.15) is 62.2 Å². The van der Waals surface area contributed by atoms with Crippen molar-refractivity contribution >= 4 is 33.7 Å². The molecule has 254 valence electrons. The van der Waals surface area contributed by atoms with E-state index < -0.39 is 73.7 Å². The third kappa shape index (κ3) is 6.72. The van der Waals surface area contributed by atoms with Crippen LogP contribution in [-0.2, 0) is 9.59 Å². The zero-order chi connectivity index (χ0) is 33.9. The smallest absolute Gasteiger partial charge is 0.313 e. The molecule has 4 atom stereocenters. The standard InChI is InChI=1S/C30H33F7N2O6S/c1-30(29(42)43)9-7-18(8-10-30)45-23-13-19(22(44-2)14-21(23)32)27(40)39-26-16-4-3-15(11-16)25(26)28(41)38-17-5-6-20(31)24(12-17)46(33,34,35,36)37/h5-6,12-16,18,25-26H,3-4,7-11H2,1-2H3,(H,38,41)(H,39,40)(H,42,43)/t15-,16+,18?,25+,26-,30?/m1/s1. The number of carboxylic acid groups (broad SMARTS) is 1. The number of halogens is 7. The van der Waals surface area contributed by atoms with E-state index in [0.29, 0.717) is 44.9 Å². The van der Waals surface area contributed by atoms with Gasteiger partial charge in [-0.15, -0.1) is 0 Å². The normalized spacial score (nSPS) is 28.9. The van der Waals surface area contributed by atoms with Crippen molar-refractivity contribution in [3.63, 3.8) is 0 Å². The SMILES string of the molecule is COc1cc(F)c(OC2CCC(C)(C(=O)O)CC2)cc1C(=O)N[C@@H]1[C@H]2CC[C@H](C2)[C@@H]1C(=O)Nc1ccc(F)c(S(F)(F)(F)(F)F)c1. The molecule has 5 rings (SSSR count). The highest BCUT2D eigenvalue weighted by Crippen LogP contribution is 3.02. The van der Waals surface area contributed by atoms with E-state index in [0.717, 1.165) is 18.2 Å². The number of anilines is 1. The molecule has 16 heteroatoms. The number of amides is 2. The van der Waals surface area contributed by atoms with Crippen LogP contribution in [0.15, 0.2) is 35.2 Å². The molecule has 0 heterocycles. The van der Waals surface area contributed by atoms with Gasteiger partial charge >= 0.3 is 16.2 Å². The molecular weight excluding hydrogens is 649 g/mol. The number of carboxylic acids is 1. The number of nitrogens with one attached hydrogen (secondary N) is 2. The quantitative estimate of drug-likeness (QED) is 0.233. The van der Waals surface area contributed by atoms with Gasteiger partial charge in [-0.3, -0.25) is 14.4 Å². The van der Waals surface area contributed by atoms with Crippen LogP contribution in [0, 0.1) is 34.8 Å². The Balaban J connectivity index is 1.34. The highest BCUT2D eigenvalue weighted by Gasteiger charge is 2.67. The molecule has 2 amide bonds. The molecule has 46 heavy (non-hydrogen) atoms. The molecule has 0 spiro atoms. The summed E-state index contributed by atoms with van der Waals surface area (Å²) in [6.45, 7) is 1.63. The summed E-state index contributed by atoms with van der Waals surface area (Å²) in [5, 5.41) is 14.4. The average molecular weight is 683 g/mol. The first-order valence-electron chi connectivity index (χ1n) is 14.6. The topological polar surface area (TPSA) is 114 Å². The van der Waals surface area contributed by atoms with Crippen LogP contribution in [0.25, 0.3) is 0 Å². The Morgan fingerprint density at radius 2 is 1.57 bits per heavy atom. The van der Waals surface area contributed by atoms with Gasteiger partial charge in [0.15, 0.2) is 11.6 Å². The van der Waals surface area contributed by atoms with Gasteiger partial charge in [0.1, 0.15) is 16.5 Å². The number of carbonyl (C=O) groups excluding carboxylic acids is 2. The number of hydrogen-bond acceptors (Lipinski definition) is 5. The van der Waals surface area contributed by atoms with E-state index in [1.807, 2.05) is 0 Å². The van der Waals surface area contributed by atoms with Crippen LogP contribution in [-0.4, -0.2) is 42.1 Å². The predicted molar refractivity (Wildman–Crippen MR) is 154 cm³/mol. The molecule has 3 aliphatic carbocycles. The lowest BCUT2D eigenvalue weighted by Crippen LogP contribution is -2.48. The maximum absolute atomic E-state index is 15.0. The van der Waals surface area contributed by atoms with E-state index in [1.54, 1.807) is 6.92 Å². The van der Waals surface area contributed by atoms with Crippen LogP contribution in [0.2, 0.25) is 0 Å². The fourth-order valence-corrected chi connectivity index (χ4v) is 7.71. The van der Waals surface area contributed by atoms with Crippen LogP contribution in [0.4, 0.5) is 33.9 Å². The van der Waals surface area contributed by atoms with Gasteiger partial charge in [-0.25, -0.2) is 8.78 Å². The number of carbonyl (C=O) groups is 3. The van der Waals surface area contributed by atoms with Gasteiger partial charge in [-0.1, -0.05) is 19.4 Å². The van der Waals surface area contributed by atoms with Crippen molar-refractivity contribution in [3.05, 3.63) is 47.5 Å². The number of rotatable bonds is 9. The first-order valence-corrected chi connectivity index (χ1v) is 16.6. The van der Waals surface area contributed by atoms with Gasteiger partial charge in [0, 0.05) is 17.8 Å². The van der Waals surface area contributed by atoms with Crippen LogP contribution in [0.5, 0.6) is 11.5 Å². The lowest BCUT2D eigenvalue weighted by Gasteiger charge is -2.40. The lowest BCUT2D eigenvalue weighted by molar-refractivity contribution is -0.150. The maximum atomic E-state index is 15.0. The number of fused-ring (bicyclic) bond motifs is 2. The summed E-state index contributed by atoms with van der Waals surface area (Å²) in [4.78, 5) is 35.7. The Labute approximate surface area is 259 Å². The molecule has 0 saturated heterocycles. The second-order valence-corrected chi connectivity index (χ2v) is 15.0. The fraction of sp³-hybridized carbons (Fsp3) is 0.500. The number of methoxy groups -OCH3 is 1. The molecular formula is C30H33F7N2O6S. The zero-order valence-corrected chi connectivity index (χ0v) is 25.6. The molecule has 2 aromatic rings. The minimum Gasteiger partial charge on any atom is -0.496 e. The second kappa shape index (κ2) is 10.9. The molecule has 2 aromatic carbocycles. The van der Waals surface area contributed by atoms with Crippen molar-refractivity contribution in [2.24, 2.45) is 23.2 Å². The van der Waals surface area contributed by atoms with E-state index in [4.69, 9.17) is 9.47 Å². The Morgan fingerprint density at radius 3 is 2.17 bits per heavy atom. The Bertz CT molecular complexity index is 1580. The Hall–Kier alpha value is -3.69. The molecule has 0 aromatic heterocycles. The zero-order valence-electron chi connectivity index (χ0n) is 24.8. The number of benzene rings is 2. The second-order valence-electron chi connectivity index (χ2n) is 12.6. The highest BCUT2D eigenvalue weighted by atomic mass is 32.5. The van der Waals surface area contributed by atoms with Crippen molar-refractivity contribution in [1.29, 1.82) is 0 Å². The summed E-state index contributed by atoms with van der Waals surface area (Å²) in [5.74, 6) is -7.32. The van der Waals surface area contributed by atoms with Crippen LogP contribution < -0.4 is 20.1 Å². The largest absolute Gasteiger partial charge is 0.496 e. The molecule has 0 unspecified atom stereocenters. The summed E-state index contributed by atoms with van der Waals surface area (Å²) < 4.78 is 107. The Morgan fingerprint density at radius 1 is 0.913 bits per heavy atom. The molecule has 3 saturated carbocycles. The summed E-state index contributed by atoms with van der Waals surface area (Å²) in [7, 11) is -9.18. The summed E-state index contributed by atoms with van der Waals surface area (Å²) in [6, 6.07) is 2.09. The summed E-state index contributed by atoms with van der Waals surface area (Å²) in [6.07, 6.45) is 2.53. The van der Waals surface area contributed by atoms with E-state index in [9.17, 15) is 47.7 Å². The van der Waals surface area contributed by atoms with E-state index >= 15 is 0 Å². The predicted octanol–water partition coefficient (Wildman–Crippen LogP) is 7.83. The van der Waals surface area contributed by atoms with Crippen molar-refractivity contribution in [2.75, 3.05) is 12.4 Å². The maximum Gasteiger partial charge on any atom is 0.313 e. The highest BCUT2D eigenvalue weighted by molar-refractivity contribution is 8.45. The minimum atomic E-state index is -10.4. The van der Waals surface area contributed by atoms with Crippen molar-refractivity contribution in [1.82, 2.24) is 5.32 Å². The van der Waals surface area contributed by atoms with Gasteiger partial charge < -0.3 is 25.2 Å². The van der Waals surface area contributed by atoms with Gasteiger partial charge in [-0.05, 0) is 88.0 Å². The summed E-state index contributed by atoms with van der Waals surface area (Å²) in [5.41, 5.74) is -1.72. The van der Waals surface area contributed by atoms with Crippen molar-refractivity contribution in [3.8, 4) is 11.5 Å². The third-order valence-corrected chi connectivity index (χ3v) is 10.6. The lowest BCUT2D eigenvalue weighted by atomic mass is 9.75. The molecule has 3 fully saturated rings. The van der Waals surface area contributed by atoms with E-state index in [1.165, 1.54) is 7.11 Å². The molecule has 3 N–H and O–H groups in total. The van der Waals surface area contributed by atoms with Gasteiger partial charge in [0.05, 0.1) is 30.1 Å². The number of aliphatic carboxylic acids is 1. The van der Waals surface area contributed by atoms with Crippen LogP contribution in [0.3, 0.4) is 0 Å². The first-order chi connectivity index (χ1) is 21.2. The van der Waals surface area contributed by atoms with Gasteiger partial charge in [-0.2, -0.15) is 0 Å². The number of ether oxygens (including phenoxy) is 2. The van der Waals surface area contributed by atoms with E-state index in [-0.39, 0.29) is 41.0 Å². The fourth-order valence-electron chi connectivity index (χ4n) is 6.92. The average Bonchev–Trinajstić information content (AvgIpc) is 3.56. The van der Waals surface area contributed by atoms with Crippen molar-refractivity contribution in [2.45, 2.75) is 68.9 Å². The third-order valence-electron chi connectivity index (χ3n) is 9.48. The Kier molecular flexibility index (Phi) is 8.01. The molecule has 0 aliphatic heterocycles. The molecule has 3 aliphatic rings. The van der Waals surface area contributed by atoms with Crippen LogP contribution >= 0.6 is 10.2 Å². The van der Waals surface area contributed by atoms with Gasteiger partial charge in [0.2, 0.25) is 5.91 Å².